The van der Waals surface area contributed by atoms with Crippen molar-refractivity contribution in [3.8, 4) is 0 Å². The highest BCUT2D eigenvalue weighted by Crippen LogP contribution is 2.26. The smallest absolute Gasteiger partial charge is 0.251 e. The molecule has 6 nitrogen and oxygen atoms in total. The summed E-state index contributed by atoms with van der Waals surface area (Å²) in [5.74, 6) is -0.972. The van der Waals surface area contributed by atoms with Crippen molar-refractivity contribution in [3.05, 3.63) is 30.1 Å². The van der Waals surface area contributed by atoms with Gasteiger partial charge in [-0.25, -0.2) is 9.29 Å². The number of anilines is 1. The molecule has 0 radical (unpaired) electrons. The number of piperazine rings is 1. The van der Waals surface area contributed by atoms with Gasteiger partial charge in [0.15, 0.2) is 0 Å². The number of benzene rings is 1. The van der Waals surface area contributed by atoms with Crippen LogP contribution in [0.5, 0.6) is 0 Å². The maximum absolute atomic E-state index is 13.0. The van der Waals surface area contributed by atoms with E-state index in [-0.39, 0.29) is 18.2 Å². The lowest BCUT2D eigenvalue weighted by Crippen LogP contribution is -2.52. The Kier molecular flexibility index (Phi) is 3.89. The minimum absolute atomic E-state index is 0.122. The fourth-order valence-electron chi connectivity index (χ4n) is 2.92. The van der Waals surface area contributed by atoms with Crippen LogP contribution < -0.4 is 4.90 Å². The van der Waals surface area contributed by atoms with Crippen LogP contribution in [0.2, 0.25) is 0 Å². The van der Waals surface area contributed by atoms with E-state index in [1.807, 2.05) is 4.90 Å². The molecule has 0 saturated carbocycles. The lowest BCUT2D eigenvalue weighted by molar-refractivity contribution is -0.124. The average Bonchev–Trinajstić information content (AvgIpc) is 2.83. The number of halogens is 1. The van der Waals surface area contributed by atoms with E-state index in [2.05, 4.69) is 0 Å². The predicted octanol–water partition coefficient (Wildman–Crippen LogP) is 0.232. The third-order valence-corrected chi connectivity index (χ3v) is 4.15. The van der Waals surface area contributed by atoms with E-state index in [0.717, 1.165) is 11.3 Å². The van der Waals surface area contributed by atoms with Gasteiger partial charge in [0, 0.05) is 26.2 Å². The molecule has 0 bridgehead atoms. The van der Waals surface area contributed by atoms with Crippen LogP contribution in [-0.4, -0.2) is 60.2 Å². The van der Waals surface area contributed by atoms with Gasteiger partial charge in [-0.05, 0) is 24.3 Å². The molecule has 0 aromatic heterocycles. The zero-order valence-corrected chi connectivity index (χ0v) is 11.9. The second-order valence-corrected chi connectivity index (χ2v) is 5.44. The minimum atomic E-state index is -0.494. The van der Waals surface area contributed by atoms with Gasteiger partial charge in [-0.1, -0.05) is 0 Å². The van der Waals surface area contributed by atoms with Gasteiger partial charge in [0.2, 0.25) is 12.3 Å². The highest BCUT2D eigenvalue weighted by atomic mass is 19.1. The van der Waals surface area contributed by atoms with Crippen molar-refractivity contribution >= 4 is 23.9 Å². The molecule has 3 rings (SSSR count). The first kappa shape index (κ1) is 14.6. The van der Waals surface area contributed by atoms with Crippen molar-refractivity contribution in [2.24, 2.45) is 0 Å². The first-order valence-corrected chi connectivity index (χ1v) is 7.16. The largest absolute Gasteiger partial charge is 0.343 e. The normalized spacial score (nSPS) is 23.2. The van der Waals surface area contributed by atoms with Crippen LogP contribution >= 0.6 is 0 Å². The maximum Gasteiger partial charge on any atom is 0.251 e. The number of rotatable bonds is 3. The maximum atomic E-state index is 13.0. The molecule has 116 valence electrons. The molecule has 2 aliphatic heterocycles. The summed E-state index contributed by atoms with van der Waals surface area (Å²) in [6.07, 6.45) is 0.918. The molecule has 1 aromatic carbocycles. The van der Waals surface area contributed by atoms with Crippen LogP contribution in [0, 0.1) is 5.82 Å². The van der Waals surface area contributed by atoms with Crippen molar-refractivity contribution < 1.29 is 18.8 Å². The molecule has 0 unspecified atom stereocenters. The topological polar surface area (TPSA) is 60.9 Å². The van der Waals surface area contributed by atoms with Crippen LogP contribution in [0.1, 0.15) is 6.42 Å². The van der Waals surface area contributed by atoms with Crippen LogP contribution in [0.15, 0.2) is 24.3 Å². The molecule has 1 atom stereocenters. The van der Waals surface area contributed by atoms with Gasteiger partial charge in [0.25, 0.3) is 5.91 Å². The van der Waals surface area contributed by atoms with Gasteiger partial charge in [-0.2, -0.15) is 0 Å². The average molecular weight is 305 g/mol. The van der Waals surface area contributed by atoms with Crippen LogP contribution in [0.25, 0.3) is 0 Å². The summed E-state index contributed by atoms with van der Waals surface area (Å²) in [7, 11) is 0. The van der Waals surface area contributed by atoms with Crippen LogP contribution in [0.4, 0.5) is 10.1 Å². The third-order valence-electron chi connectivity index (χ3n) is 4.15. The number of imide groups is 1. The van der Waals surface area contributed by atoms with Crippen molar-refractivity contribution in [1.29, 1.82) is 0 Å². The molecular formula is C15H16FN3O3. The first-order chi connectivity index (χ1) is 10.6. The molecule has 2 heterocycles. The van der Waals surface area contributed by atoms with Gasteiger partial charge in [0.1, 0.15) is 5.82 Å². The van der Waals surface area contributed by atoms with E-state index >= 15 is 0 Å². The van der Waals surface area contributed by atoms with Gasteiger partial charge in [-0.3, -0.25) is 19.3 Å². The SMILES string of the molecule is O=CN1CCN([C@H]2CC(=O)N(c3ccc(F)cc3)C2=O)CC1. The molecule has 2 aliphatic rings. The Balaban J connectivity index is 1.74. The Morgan fingerprint density at radius 3 is 2.27 bits per heavy atom. The highest BCUT2D eigenvalue weighted by Gasteiger charge is 2.43. The summed E-state index contributed by atoms with van der Waals surface area (Å²) in [5, 5.41) is 0. The van der Waals surface area contributed by atoms with Crippen LogP contribution in [0.3, 0.4) is 0 Å². The number of nitrogens with zero attached hydrogens (tertiary/aromatic N) is 3. The molecule has 0 aliphatic carbocycles. The van der Waals surface area contributed by atoms with Crippen molar-refractivity contribution in [3.63, 3.8) is 0 Å². The number of hydrogen-bond acceptors (Lipinski definition) is 4. The lowest BCUT2D eigenvalue weighted by atomic mass is 10.2. The molecule has 7 heteroatoms. The number of carbonyl (C=O) groups excluding carboxylic acids is 3. The van der Waals surface area contributed by atoms with Gasteiger partial charge in [0.05, 0.1) is 18.2 Å². The van der Waals surface area contributed by atoms with Crippen molar-refractivity contribution in [2.75, 3.05) is 31.1 Å². The number of carbonyl (C=O) groups is 3. The first-order valence-electron chi connectivity index (χ1n) is 7.16. The Labute approximate surface area is 127 Å². The second kappa shape index (κ2) is 5.84. The lowest BCUT2D eigenvalue weighted by Gasteiger charge is -2.35. The summed E-state index contributed by atoms with van der Waals surface area (Å²) in [6, 6.07) is 4.82. The summed E-state index contributed by atoms with van der Waals surface area (Å²) in [4.78, 5) is 40.1. The van der Waals surface area contributed by atoms with Gasteiger partial charge < -0.3 is 4.90 Å². The Morgan fingerprint density at radius 1 is 1.05 bits per heavy atom. The highest BCUT2D eigenvalue weighted by molar-refractivity contribution is 6.22. The van der Waals surface area contributed by atoms with Gasteiger partial charge >= 0.3 is 0 Å². The molecule has 1 aromatic rings. The Bertz CT molecular complexity index is 597. The zero-order chi connectivity index (χ0) is 15.7. The van der Waals surface area contributed by atoms with E-state index in [1.54, 1.807) is 4.90 Å². The van der Waals surface area contributed by atoms with Crippen LogP contribution in [-0.2, 0) is 14.4 Å². The molecule has 22 heavy (non-hydrogen) atoms. The summed E-state index contributed by atoms with van der Waals surface area (Å²) in [5.41, 5.74) is 0.394. The van der Waals surface area contributed by atoms with Crippen molar-refractivity contribution in [1.82, 2.24) is 9.80 Å². The predicted molar refractivity (Wildman–Crippen MR) is 76.5 cm³/mol. The van der Waals surface area contributed by atoms with E-state index in [0.29, 0.717) is 31.9 Å². The Hall–Kier alpha value is -2.28. The molecule has 2 saturated heterocycles. The monoisotopic (exact) mass is 305 g/mol. The molecule has 0 spiro atoms. The summed E-state index contributed by atoms with van der Waals surface area (Å²) < 4.78 is 13.0. The minimum Gasteiger partial charge on any atom is -0.343 e. The van der Waals surface area contributed by atoms with E-state index in [4.69, 9.17) is 0 Å². The Morgan fingerprint density at radius 2 is 1.68 bits per heavy atom. The van der Waals surface area contributed by atoms with Gasteiger partial charge in [-0.15, -0.1) is 0 Å². The molecule has 0 N–H and O–H groups in total. The van der Waals surface area contributed by atoms with E-state index in [1.165, 1.54) is 24.3 Å². The molecule has 2 fully saturated rings. The summed E-state index contributed by atoms with van der Waals surface area (Å²) >= 11 is 0. The van der Waals surface area contributed by atoms with Crippen molar-refractivity contribution in [2.45, 2.75) is 12.5 Å². The zero-order valence-electron chi connectivity index (χ0n) is 11.9. The quantitative estimate of drug-likeness (QED) is 0.592. The fraction of sp³-hybridized carbons (Fsp3) is 0.400. The van der Waals surface area contributed by atoms with E-state index < -0.39 is 11.9 Å². The molecular weight excluding hydrogens is 289 g/mol. The molecule has 3 amide bonds. The number of amides is 3. The second-order valence-electron chi connectivity index (χ2n) is 5.44. The fourth-order valence-corrected chi connectivity index (χ4v) is 2.92. The third kappa shape index (κ3) is 2.59. The standard InChI is InChI=1S/C15H16FN3O3/c16-11-1-3-12(4-2-11)19-14(21)9-13(15(19)22)18-7-5-17(10-20)6-8-18/h1-4,10,13H,5-9H2/t13-/m0/s1. The number of hydrogen-bond donors (Lipinski definition) is 0. The summed E-state index contributed by atoms with van der Waals surface area (Å²) in [6.45, 7) is 2.25. The van der Waals surface area contributed by atoms with E-state index in [9.17, 15) is 18.8 Å².